The van der Waals surface area contributed by atoms with Gasteiger partial charge in [0.15, 0.2) is 0 Å². The number of benzene rings is 3. The maximum Gasteiger partial charge on any atom is 0.320 e. The number of nitrogens with zero attached hydrogens (tertiary/aromatic N) is 4. The van der Waals surface area contributed by atoms with E-state index in [0.29, 0.717) is 46.4 Å². The van der Waals surface area contributed by atoms with Crippen LogP contribution in [-0.4, -0.2) is 32.6 Å². The fourth-order valence-electron chi connectivity index (χ4n) is 5.30. The lowest BCUT2D eigenvalue weighted by molar-refractivity contribution is 0.251. The van der Waals surface area contributed by atoms with Crippen LogP contribution in [0.25, 0.3) is 5.69 Å². The highest BCUT2D eigenvalue weighted by Gasteiger charge is 2.22. The summed E-state index contributed by atoms with van der Waals surface area (Å²) in [6, 6.07) is 24.9. The van der Waals surface area contributed by atoms with Gasteiger partial charge in [0, 0.05) is 23.7 Å². The van der Waals surface area contributed by atoms with Crippen molar-refractivity contribution in [1.82, 2.24) is 19.7 Å². The predicted octanol–water partition coefficient (Wildman–Crippen LogP) is 6.48. The second-order valence-corrected chi connectivity index (χ2v) is 12.8. The number of nitriles is 1. The molecule has 0 atom stereocenters. The van der Waals surface area contributed by atoms with Crippen LogP contribution in [-0.2, 0) is 25.1 Å². The van der Waals surface area contributed by atoms with E-state index in [-0.39, 0.29) is 29.9 Å². The number of phenols is 1. The number of carbonyl (C=O) groups excluding carboxylic acids is 1. The first-order chi connectivity index (χ1) is 23.4. The Kier molecular flexibility index (Phi) is 10.1. The van der Waals surface area contributed by atoms with Crippen LogP contribution in [0.4, 0.5) is 10.6 Å². The molecule has 0 aliphatic heterocycles. The summed E-state index contributed by atoms with van der Waals surface area (Å²) in [7, 11) is 1.51. The van der Waals surface area contributed by atoms with Crippen LogP contribution in [0.5, 0.6) is 17.2 Å². The standard InChI is InChI=1S/C38H40N6O5/c1-24-17-33(25(2)36(46)43(24)22-26-11-16-32(48-6)29(18-26)20-39)49-23-28-10-8-7-9-27(28)21-40-37(47)41-35-19-34(38(3,4)5)42-44(35)30-12-14-31(45)15-13-30/h7-19,45H,21-23H2,1-6H3,(H2,40,41,47). The first-order valence-electron chi connectivity index (χ1n) is 15.8. The number of pyridine rings is 1. The molecule has 0 saturated carbocycles. The minimum Gasteiger partial charge on any atom is -0.508 e. The van der Waals surface area contributed by atoms with Crippen molar-refractivity contribution in [1.29, 1.82) is 5.26 Å². The van der Waals surface area contributed by atoms with E-state index in [1.54, 1.807) is 52.6 Å². The van der Waals surface area contributed by atoms with Crippen molar-refractivity contribution in [3.63, 3.8) is 0 Å². The van der Waals surface area contributed by atoms with E-state index in [4.69, 9.17) is 14.6 Å². The molecule has 252 valence electrons. The quantitative estimate of drug-likeness (QED) is 0.156. The number of carbonyl (C=O) groups is 1. The number of rotatable bonds is 10. The summed E-state index contributed by atoms with van der Waals surface area (Å²) in [5.41, 5.74) is 5.16. The molecule has 2 amide bonds. The first kappa shape index (κ1) is 34.3. The van der Waals surface area contributed by atoms with E-state index < -0.39 is 6.03 Å². The van der Waals surface area contributed by atoms with Gasteiger partial charge < -0.3 is 24.5 Å². The van der Waals surface area contributed by atoms with Gasteiger partial charge in [0.1, 0.15) is 35.7 Å². The SMILES string of the molecule is COc1ccc(Cn2c(C)cc(OCc3ccccc3CNC(=O)Nc3cc(C(C)(C)C)nn3-c3ccc(O)cc3)c(C)c2=O)cc1C#N. The second-order valence-electron chi connectivity index (χ2n) is 12.8. The molecular formula is C38H40N6O5. The number of aromatic hydroxyl groups is 1. The zero-order chi connectivity index (χ0) is 35.3. The summed E-state index contributed by atoms with van der Waals surface area (Å²) >= 11 is 0. The number of hydrogen-bond donors (Lipinski definition) is 3. The average molecular weight is 661 g/mol. The molecule has 3 N–H and O–H groups in total. The Morgan fingerprint density at radius 1 is 0.980 bits per heavy atom. The number of hydrogen-bond acceptors (Lipinski definition) is 7. The maximum atomic E-state index is 13.4. The summed E-state index contributed by atoms with van der Waals surface area (Å²) in [5.74, 6) is 1.59. The van der Waals surface area contributed by atoms with Crippen molar-refractivity contribution in [2.75, 3.05) is 12.4 Å². The van der Waals surface area contributed by atoms with Crippen LogP contribution >= 0.6 is 0 Å². The van der Waals surface area contributed by atoms with Gasteiger partial charge in [-0.25, -0.2) is 9.48 Å². The summed E-state index contributed by atoms with van der Waals surface area (Å²) in [6.45, 7) is 10.4. The smallest absolute Gasteiger partial charge is 0.320 e. The second kappa shape index (κ2) is 14.4. The number of ether oxygens (including phenoxy) is 2. The highest BCUT2D eigenvalue weighted by molar-refractivity contribution is 5.88. The van der Waals surface area contributed by atoms with Gasteiger partial charge in [-0.3, -0.25) is 10.1 Å². The lowest BCUT2D eigenvalue weighted by atomic mass is 9.92. The molecular weight excluding hydrogens is 620 g/mol. The van der Waals surface area contributed by atoms with Gasteiger partial charge in [-0.1, -0.05) is 51.1 Å². The molecule has 5 aromatic rings. The molecule has 0 bridgehead atoms. The summed E-state index contributed by atoms with van der Waals surface area (Å²) in [6.07, 6.45) is 0. The van der Waals surface area contributed by atoms with Crippen LogP contribution in [0.15, 0.2) is 83.7 Å². The first-order valence-corrected chi connectivity index (χ1v) is 15.8. The van der Waals surface area contributed by atoms with Crippen molar-refractivity contribution < 1.29 is 19.4 Å². The molecule has 0 saturated heterocycles. The number of methoxy groups -OCH3 is 1. The number of amides is 2. The summed E-state index contributed by atoms with van der Waals surface area (Å²) < 4.78 is 14.7. The number of aryl methyl sites for hydroxylation is 1. The Morgan fingerprint density at radius 3 is 2.37 bits per heavy atom. The molecule has 0 spiro atoms. The van der Waals surface area contributed by atoms with Crippen molar-refractivity contribution in [2.24, 2.45) is 0 Å². The third kappa shape index (κ3) is 7.93. The lowest BCUT2D eigenvalue weighted by Crippen LogP contribution is -2.29. The van der Waals surface area contributed by atoms with Crippen LogP contribution < -0.4 is 25.7 Å². The molecule has 0 aliphatic rings. The van der Waals surface area contributed by atoms with Crippen LogP contribution in [0.3, 0.4) is 0 Å². The van der Waals surface area contributed by atoms with Crippen LogP contribution in [0.2, 0.25) is 0 Å². The molecule has 11 heteroatoms. The van der Waals surface area contributed by atoms with Crippen molar-refractivity contribution >= 4 is 11.8 Å². The number of nitrogens with one attached hydrogen (secondary N) is 2. The summed E-state index contributed by atoms with van der Waals surface area (Å²) in [5, 5.41) is 29.8. The fraction of sp³-hybridized carbons (Fsp3) is 0.263. The van der Waals surface area contributed by atoms with Gasteiger partial charge in [-0.15, -0.1) is 0 Å². The van der Waals surface area contributed by atoms with Crippen molar-refractivity contribution in [2.45, 2.75) is 59.7 Å². The van der Waals surface area contributed by atoms with E-state index in [9.17, 15) is 20.0 Å². The van der Waals surface area contributed by atoms with Gasteiger partial charge in [-0.05, 0) is 73.0 Å². The molecule has 2 heterocycles. The van der Waals surface area contributed by atoms with Gasteiger partial charge >= 0.3 is 6.03 Å². The number of phenolic OH excluding ortho intramolecular Hbond substituents is 1. The molecule has 0 unspecified atom stereocenters. The largest absolute Gasteiger partial charge is 0.508 e. The minimum atomic E-state index is -0.412. The monoisotopic (exact) mass is 660 g/mol. The van der Waals surface area contributed by atoms with Gasteiger partial charge in [0.05, 0.1) is 36.2 Å². The minimum absolute atomic E-state index is 0.136. The predicted molar refractivity (Wildman–Crippen MR) is 188 cm³/mol. The third-order valence-corrected chi connectivity index (χ3v) is 8.18. The molecule has 0 fully saturated rings. The van der Waals surface area contributed by atoms with Crippen molar-refractivity contribution in [3.05, 3.63) is 128 Å². The fourth-order valence-corrected chi connectivity index (χ4v) is 5.30. The zero-order valence-corrected chi connectivity index (χ0v) is 28.5. The van der Waals surface area contributed by atoms with Crippen molar-refractivity contribution in [3.8, 4) is 29.0 Å². The van der Waals surface area contributed by atoms with Crippen LogP contribution in [0.1, 0.15) is 60.0 Å². The molecule has 3 aromatic carbocycles. The Balaban J connectivity index is 1.27. The van der Waals surface area contributed by atoms with Gasteiger partial charge in [-0.2, -0.15) is 10.4 Å². The normalized spacial score (nSPS) is 11.1. The molecule has 11 nitrogen and oxygen atoms in total. The van der Waals surface area contributed by atoms with E-state index in [1.807, 2.05) is 70.2 Å². The van der Waals surface area contributed by atoms with E-state index in [0.717, 1.165) is 22.4 Å². The average Bonchev–Trinajstić information content (AvgIpc) is 3.51. The highest BCUT2D eigenvalue weighted by atomic mass is 16.5. The van der Waals surface area contributed by atoms with Gasteiger partial charge in [0.25, 0.3) is 5.56 Å². The van der Waals surface area contributed by atoms with E-state index >= 15 is 0 Å². The number of aromatic nitrogens is 3. The molecule has 5 rings (SSSR count). The Morgan fingerprint density at radius 2 is 1.69 bits per heavy atom. The number of anilines is 1. The maximum absolute atomic E-state index is 13.4. The van der Waals surface area contributed by atoms with Gasteiger partial charge in [0.2, 0.25) is 0 Å². The number of urea groups is 1. The molecule has 0 aliphatic carbocycles. The lowest BCUT2D eigenvalue weighted by Gasteiger charge is -2.17. The zero-order valence-electron chi connectivity index (χ0n) is 28.5. The third-order valence-electron chi connectivity index (χ3n) is 8.18. The molecule has 2 aromatic heterocycles. The van der Waals surface area contributed by atoms with Crippen LogP contribution in [0, 0.1) is 25.2 Å². The highest BCUT2D eigenvalue weighted by Crippen LogP contribution is 2.27. The Labute approximate surface area is 285 Å². The van der Waals surface area contributed by atoms with E-state index in [2.05, 4.69) is 16.7 Å². The molecule has 49 heavy (non-hydrogen) atoms. The summed E-state index contributed by atoms with van der Waals surface area (Å²) in [4.78, 5) is 26.5. The topological polar surface area (TPSA) is 143 Å². The molecule has 0 radical (unpaired) electrons. The van der Waals surface area contributed by atoms with E-state index in [1.165, 1.54) is 7.11 Å². The Bertz CT molecular complexity index is 2080. The Hall–Kier alpha value is -6.02.